The minimum atomic E-state index is -0.539. The third-order valence-corrected chi connectivity index (χ3v) is 4.29. The molecule has 1 aromatic rings. The van der Waals surface area contributed by atoms with Crippen LogP contribution >= 0.6 is 12.4 Å². The predicted molar refractivity (Wildman–Crippen MR) is 91.3 cm³/mol. The molecule has 0 bridgehead atoms. The van der Waals surface area contributed by atoms with Gasteiger partial charge in [-0.2, -0.15) is 0 Å². The van der Waals surface area contributed by atoms with Crippen molar-refractivity contribution in [1.82, 2.24) is 5.32 Å². The maximum atomic E-state index is 12.5. The quantitative estimate of drug-likeness (QED) is 0.772. The van der Waals surface area contributed by atoms with Crippen LogP contribution in [0.25, 0.3) is 0 Å². The highest BCUT2D eigenvalue weighted by Crippen LogP contribution is 2.32. The second-order valence-electron chi connectivity index (χ2n) is 6.13. The molecule has 1 fully saturated rings. The number of hydrogen-bond acceptors (Lipinski definition) is 4. The summed E-state index contributed by atoms with van der Waals surface area (Å²) in [7, 11) is 0. The summed E-state index contributed by atoms with van der Waals surface area (Å²) in [5.74, 6) is 0.382. The van der Waals surface area contributed by atoms with Crippen molar-refractivity contribution in [3.05, 3.63) is 18.2 Å². The van der Waals surface area contributed by atoms with Gasteiger partial charge in [0.25, 0.3) is 5.91 Å². The maximum absolute atomic E-state index is 12.5. The summed E-state index contributed by atoms with van der Waals surface area (Å²) in [5, 5.41) is 8.99. The molecule has 2 heterocycles. The standard InChI is InChI=1S/C16H21N3O3.ClH/c1-10-14(20)19-12-9-11(5-6-13(12)22-10)18-15(21)16(2)7-3-4-8-17-16;/h5-6,9-10,17H,3-4,7-8H2,1-2H3,(H,18,21)(H,19,20);1H. The fourth-order valence-corrected chi connectivity index (χ4v) is 2.81. The summed E-state index contributed by atoms with van der Waals surface area (Å²) in [5.41, 5.74) is 0.695. The monoisotopic (exact) mass is 339 g/mol. The number of hydrogen-bond donors (Lipinski definition) is 3. The lowest BCUT2D eigenvalue weighted by Crippen LogP contribution is -2.54. The van der Waals surface area contributed by atoms with E-state index in [-0.39, 0.29) is 24.2 Å². The highest BCUT2D eigenvalue weighted by molar-refractivity contribution is 6.01. The van der Waals surface area contributed by atoms with E-state index < -0.39 is 11.6 Å². The number of piperidine rings is 1. The maximum Gasteiger partial charge on any atom is 0.265 e. The normalized spacial score (nSPS) is 26.2. The van der Waals surface area contributed by atoms with E-state index >= 15 is 0 Å². The van der Waals surface area contributed by atoms with Crippen LogP contribution in [-0.2, 0) is 9.59 Å². The zero-order valence-electron chi connectivity index (χ0n) is 13.3. The summed E-state index contributed by atoms with van der Waals surface area (Å²) in [6, 6.07) is 5.27. The topological polar surface area (TPSA) is 79.5 Å². The second-order valence-corrected chi connectivity index (χ2v) is 6.13. The minimum Gasteiger partial charge on any atom is -0.479 e. The van der Waals surface area contributed by atoms with E-state index in [1.54, 1.807) is 25.1 Å². The van der Waals surface area contributed by atoms with Gasteiger partial charge in [0.2, 0.25) is 5.91 Å². The predicted octanol–water partition coefficient (Wildman–Crippen LogP) is 2.30. The zero-order valence-corrected chi connectivity index (χ0v) is 14.1. The lowest BCUT2D eigenvalue weighted by molar-refractivity contribution is -0.123. The number of amides is 2. The van der Waals surface area contributed by atoms with Crippen LogP contribution in [0.2, 0.25) is 0 Å². The highest BCUT2D eigenvalue weighted by Gasteiger charge is 2.34. The van der Waals surface area contributed by atoms with Crippen molar-refractivity contribution in [2.75, 3.05) is 17.2 Å². The van der Waals surface area contributed by atoms with E-state index in [9.17, 15) is 9.59 Å². The van der Waals surface area contributed by atoms with Crippen molar-refractivity contribution in [2.45, 2.75) is 44.8 Å². The van der Waals surface area contributed by atoms with Gasteiger partial charge in [-0.25, -0.2) is 0 Å². The van der Waals surface area contributed by atoms with Gasteiger partial charge in [0.05, 0.1) is 11.2 Å². The van der Waals surface area contributed by atoms with Crippen LogP contribution in [0.1, 0.15) is 33.1 Å². The number of ether oxygens (including phenoxy) is 1. The molecular formula is C16H22ClN3O3. The Bertz CT molecular complexity index is 615. The van der Waals surface area contributed by atoms with Gasteiger partial charge in [-0.15, -0.1) is 12.4 Å². The lowest BCUT2D eigenvalue weighted by Gasteiger charge is -2.33. The Hall–Kier alpha value is -1.79. The Labute approximate surface area is 141 Å². The third-order valence-electron chi connectivity index (χ3n) is 4.29. The molecule has 0 radical (unpaired) electrons. The number of nitrogens with one attached hydrogen (secondary N) is 3. The van der Waals surface area contributed by atoms with Gasteiger partial charge in [0.15, 0.2) is 6.10 Å². The van der Waals surface area contributed by atoms with E-state index in [1.807, 2.05) is 6.92 Å². The van der Waals surface area contributed by atoms with Crippen molar-refractivity contribution in [3.63, 3.8) is 0 Å². The molecule has 6 nitrogen and oxygen atoms in total. The first-order valence-electron chi connectivity index (χ1n) is 7.66. The molecule has 0 aromatic heterocycles. The molecule has 2 aliphatic heterocycles. The highest BCUT2D eigenvalue weighted by atomic mass is 35.5. The molecule has 126 valence electrons. The zero-order chi connectivity index (χ0) is 15.7. The van der Waals surface area contributed by atoms with Crippen molar-refractivity contribution >= 4 is 35.6 Å². The van der Waals surface area contributed by atoms with Crippen LogP contribution in [0.15, 0.2) is 18.2 Å². The third kappa shape index (κ3) is 3.59. The molecule has 1 saturated heterocycles. The van der Waals surface area contributed by atoms with Crippen molar-refractivity contribution in [1.29, 1.82) is 0 Å². The molecule has 3 N–H and O–H groups in total. The number of benzene rings is 1. The van der Waals surface area contributed by atoms with Crippen LogP contribution in [0.3, 0.4) is 0 Å². The van der Waals surface area contributed by atoms with Crippen LogP contribution in [0.4, 0.5) is 11.4 Å². The number of fused-ring (bicyclic) bond motifs is 1. The van der Waals surface area contributed by atoms with E-state index in [2.05, 4.69) is 16.0 Å². The average molecular weight is 340 g/mol. The smallest absolute Gasteiger partial charge is 0.265 e. The summed E-state index contributed by atoms with van der Waals surface area (Å²) in [6.07, 6.45) is 2.46. The number of carbonyl (C=O) groups excluding carboxylic acids is 2. The van der Waals surface area contributed by atoms with Gasteiger partial charge >= 0.3 is 0 Å². The summed E-state index contributed by atoms with van der Waals surface area (Å²) >= 11 is 0. The van der Waals surface area contributed by atoms with Crippen LogP contribution in [0.5, 0.6) is 5.75 Å². The van der Waals surface area contributed by atoms with Crippen LogP contribution in [0, 0.1) is 0 Å². The summed E-state index contributed by atoms with van der Waals surface area (Å²) < 4.78 is 5.50. The molecule has 0 spiro atoms. The molecule has 2 amide bonds. The Morgan fingerprint density at radius 1 is 1.39 bits per heavy atom. The first kappa shape index (κ1) is 17.6. The molecular weight excluding hydrogens is 318 g/mol. The molecule has 23 heavy (non-hydrogen) atoms. The molecule has 2 atom stereocenters. The lowest BCUT2D eigenvalue weighted by atomic mass is 9.90. The summed E-state index contributed by atoms with van der Waals surface area (Å²) in [6.45, 7) is 4.48. The molecule has 1 aromatic carbocycles. The Balaban J connectivity index is 0.00000192. The minimum absolute atomic E-state index is 0. The van der Waals surface area contributed by atoms with Crippen molar-refractivity contribution in [3.8, 4) is 5.75 Å². The molecule has 0 saturated carbocycles. The Morgan fingerprint density at radius 2 is 2.17 bits per heavy atom. The van der Waals surface area contributed by atoms with Gasteiger partial charge in [-0.05, 0) is 57.9 Å². The van der Waals surface area contributed by atoms with E-state index in [4.69, 9.17) is 4.74 Å². The number of carbonyl (C=O) groups is 2. The van der Waals surface area contributed by atoms with Gasteiger partial charge in [-0.1, -0.05) is 0 Å². The van der Waals surface area contributed by atoms with Gasteiger partial charge in [0, 0.05) is 5.69 Å². The van der Waals surface area contributed by atoms with E-state index in [1.165, 1.54) is 0 Å². The first-order chi connectivity index (χ1) is 10.5. The molecule has 2 aliphatic rings. The fraction of sp³-hybridized carbons (Fsp3) is 0.500. The molecule has 2 unspecified atom stereocenters. The van der Waals surface area contributed by atoms with Crippen LogP contribution < -0.4 is 20.7 Å². The number of rotatable bonds is 2. The Morgan fingerprint density at radius 3 is 2.87 bits per heavy atom. The molecule has 0 aliphatic carbocycles. The van der Waals surface area contributed by atoms with Gasteiger partial charge < -0.3 is 20.7 Å². The number of anilines is 2. The van der Waals surface area contributed by atoms with Crippen molar-refractivity contribution in [2.24, 2.45) is 0 Å². The fourth-order valence-electron chi connectivity index (χ4n) is 2.81. The number of halogens is 1. The van der Waals surface area contributed by atoms with E-state index in [0.29, 0.717) is 17.1 Å². The SMILES string of the molecule is CC1Oc2ccc(NC(=O)C3(C)CCCCN3)cc2NC1=O.Cl. The van der Waals surface area contributed by atoms with Gasteiger partial charge in [-0.3, -0.25) is 9.59 Å². The molecule has 7 heteroatoms. The summed E-state index contributed by atoms with van der Waals surface area (Å²) in [4.78, 5) is 24.1. The van der Waals surface area contributed by atoms with Crippen LogP contribution in [-0.4, -0.2) is 30.0 Å². The average Bonchev–Trinajstić information content (AvgIpc) is 2.49. The second kappa shape index (κ2) is 6.76. The first-order valence-corrected chi connectivity index (χ1v) is 7.66. The van der Waals surface area contributed by atoms with Gasteiger partial charge in [0.1, 0.15) is 5.75 Å². The molecule has 3 rings (SSSR count). The largest absolute Gasteiger partial charge is 0.479 e. The van der Waals surface area contributed by atoms with Crippen molar-refractivity contribution < 1.29 is 14.3 Å². The Kier molecular flexibility index (Phi) is 5.16. The van der Waals surface area contributed by atoms with E-state index in [0.717, 1.165) is 25.8 Å².